The van der Waals surface area contributed by atoms with Gasteiger partial charge >= 0.3 is 0 Å². The van der Waals surface area contributed by atoms with E-state index in [-0.39, 0.29) is 16.9 Å². The van der Waals surface area contributed by atoms with Gasteiger partial charge < -0.3 is 9.88 Å². The van der Waals surface area contributed by atoms with Gasteiger partial charge in [0.25, 0.3) is 5.91 Å². The molecule has 2 aliphatic rings. The maximum atomic E-state index is 14.6. The zero-order valence-electron chi connectivity index (χ0n) is 18.1. The Morgan fingerprint density at radius 3 is 2.62 bits per heavy atom. The average Bonchev–Trinajstić information content (AvgIpc) is 3.78. The molecule has 2 aliphatic carbocycles. The maximum absolute atomic E-state index is 14.6. The quantitative estimate of drug-likeness (QED) is 0.432. The number of carbonyl (C=O) groups excluding carboxylic acids is 1. The number of pyridine rings is 2. The van der Waals surface area contributed by atoms with Gasteiger partial charge in [0.05, 0.1) is 5.56 Å². The number of benzene rings is 1. The van der Waals surface area contributed by atoms with Gasteiger partial charge in [-0.15, -0.1) is 10.2 Å². The lowest BCUT2D eigenvalue weighted by molar-refractivity contribution is 0.102. The van der Waals surface area contributed by atoms with E-state index in [1.165, 1.54) is 6.07 Å². The van der Waals surface area contributed by atoms with Crippen LogP contribution in [0.2, 0.25) is 0 Å². The Hall–Kier alpha value is -4.01. The Labute approximate surface area is 193 Å². The standard InChI is InChI=1S/C25H20F2N6O/c26-19-11-20(27)18(10-17(19)15-6-9-21(28-12-15)14-4-5-14)25(34)31-23-3-1-2-22(30-23)24-32-29-13-33(24)16-7-8-16/h1-3,6,9-14,16H,4-5,7-8H2,(H,30,31,34). The van der Waals surface area contributed by atoms with Crippen LogP contribution in [0, 0.1) is 11.6 Å². The maximum Gasteiger partial charge on any atom is 0.259 e. The van der Waals surface area contributed by atoms with E-state index in [1.807, 2.05) is 10.6 Å². The first-order valence-corrected chi connectivity index (χ1v) is 11.2. The van der Waals surface area contributed by atoms with Gasteiger partial charge in [-0.1, -0.05) is 12.1 Å². The summed E-state index contributed by atoms with van der Waals surface area (Å²) in [6, 6.07) is 11.0. The third kappa shape index (κ3) is 3.93. The van der Waals surface area contributed by atoms with Gasteiger partial charge in [0.1, 0.15) is 29.5 Å². The summed E-state index contributed by atoms with van der Waals surface area (Å²) in [6.07, 6.45) is 7.57. The van der Waals surface area contributed by atoms with E-state index in [0.29, 0.717) is 29.0 Å². The lowest BCUT2D eigenvalue weighted by atomic mass is 10.0. The molecular weight excluding hydrogens is 438 g/mol. The molecule has 9 heteroatoms. The van der Waals surface area contributed by atoms with Crippen LogP contribution in [-0.2, 0) is 0 Å². The van der Waals surface area contributed by atoms with Crippen LogP contribution in [0.4, 0.5) is 14.6 Å². The van der Waals surface area contributed by atoms with Crippen molar-refractivity contribution in [3.05, 3.63) is 77.9 Å². The number of carbonyl (C=O) groups is 1. The van der Waals surface area contributed by atoms with E-state index in [1.54, 1.807) is 36.8 Å². The number of hydrogen-bond donors (Lipinski definition) is 1. The van der Waals surface area contributed by atoms with Crippen LogP contribution in [-0.4, -0.2) is 30.6 Å². The topological polar surface area (TPSA) is 85.6 Å². The van der Waals surface area contributed by atoms with E-state index in [2.05, 4.69) is 25.5 Å². The van der Waals surface area contributed by atoms with Gasteiger partial charge in [0, 0.05) is 41.0 Å². The number of hydrogen-bond acceptors (Lipinski definition) is 5. The van der Waals surface area contributed by atoms with Crippen molar-refractivity contribution in [2.45, 2.75) is 37.6 Å². The molecule has 0 spiro atoms. The molecule has 1 amide bonds. The molecule has 4 aromatic rings. The van der Waals surface area contributed by atoms with Crippen LogP contribution in [0.5, 0.6) is 0 Å². The second-order valence-corrected chi connectivity index (χ2v) is 8.71. The number of halogens is 2. The normalized spacial score (nSPS) is 15.4. The predicted octanol–water partition coefficient (Wildman–Crippen LogP) is 5.14. The largest absolute Gasteiger partial charge is 0.309 e. The lowest BCUT2D eigenvalue weighted by Crippen LogP contribution is -2.15. The van der Waals surface area contributed by atoms with Gasteiger partial charge in [-0.2, -0.15) is 0 Å². The highest BCUT2D eigenvalue weighted by Crippen LogP contribution is 2.39. The zero-order chi connectivity index (χ0) is 23.2. The van der Waals surface area contributed by atoms with E-state index < -0.39 is 17.5 Å². The number of nitrogens with one attached hydrogen (secondary N) is 1. The summed E-state index contributed by atoms with van der Waals surface area (Å²) in [7, 11) is 0. The van der Waals surface area contributed by atoms with Gasteiger partial charge in [-0.3, -0.25) is 9.78 Å². The fourth-order valence-electron chi connectivity index (χ4n) is 3.99. The molecule has 170 valence electrons. The highest BCUT2D eigenvalue weighted by Gasteiger charge is 2.27. The molecule has 0 unspecified atom stereocenters. The fourth-order valence-corrected chi connectivity index (χ4v) is 3.99. The summed E-state index contributed by atoms with van der Waals surface area (Å²) in [6.45, 7) is 0. The second-order valence-electron chi connectivity index (χ2n) is 8.71. The molecule has 0 saturated heterocycles. The minimum absolute atomic E-state index is 0.112. The van der Waals surface area contributed by atoms with Crippen molar-refractivity contribution in [2.24, 2.45) is 0 Å². The Kier molecular flexibility index (Phi) is 4.90. The van der Waals surface area contributed by atoms with E-state index in [0.717, 1.165) is 37.4 Å². The molecule has 2 saturated carbocycles. The third-order valence-electron chi connectivity index (χ3n) is 6.13. The van der Waals surface area contributed by atoms with Crippen molar-refractivity contribution < 1.29 is 13.6 Å². The SMILES string of the molecule is O=C(Nc1cccc(-c2nncn2C2CC2)n1)c1cc(-c2ccc(C3CC3)nc2)c(F)cc1F. The molecule has 3 heterocycles. The monoisotopic (exact) mass is 458 g/mol. The van der Waals surface area contributed by atoms with Crippen LogP contribution in [0.3, 0.4) is 0 Å². The molecule has 1 N–H and O–H groups in total. The number of anilines is 1. The van der Waals surface area contributed by atoms with Crippen molar-refractivity contribution in [3.8, 4) is 22.6 Å². The van der Waals surface area contributed by atoms with Crippen LogP contribution < -0.4 is 5.32 Å². The Morgan fingerprint density at radius 1 is 1.03 bits per heavy atom. The lowest BCUT2D eigenvalue weighted by Gasteiger charge is -2.10. The van der Waals surface area contributed by atoms with Gasteiger partial charge in [-0.05, 0) is 49.9 Å². The fraction of sp³-hybridized carbons (Fsp3) is 0.240. The first-order valence-electron chi connectivity index (χ1n) is 11.2. The zero-order valence-corrected chi connectivity index (χ0v) is 18.1. The number of aromatic nitrogens is 5. The number of nitrogens with zero attached hydrogens (tertiary/aromatic N) is 5. The average molecular weight is 458 g/mol. The number of amides is 1. The molecule has 0 radical (unpaired) electrons. The molecule has 0 atom stereocenters. The van der Waals surface area contributed by atoms with Gasteiger partial charge in [0.15, 0.2) is 5.82 Å². The molecule has 0 bridgehead atoms. The summed E-state index contributed by atoms with van der Waals surface area (Å²) >= 11 is 0. The third-order valence-corrected chi connectivity index (χ3v) is 6.13. The molecule has 0 aliphatic heterocycles. The minimum atomic E-state index is -0.953. The molecular formula is C25H20F2N6O. The highest BCUT2D eigenvalue weighted by atomic mass is 19.1. The van der Waals surface area contributed by atoms with Gasteiger partial charge in [0.2, 0.25) is 0 Å². The molecule has 1 aromatic carbocycles. The van der Waals surface area contributed by atoms with Crippen LogP contribution in [0.1, 0.15) is 53.7 Å². The smallest absolute Gasteiger partial charge is 0.259 e. The Bertz CT molecular complexity index is 1390. The first-order chi connectivity index (χ1) is 16.6. The van der Waals surface area contributed by atoms with E-state index >= 15 is 0 Å². The Balaban J connectivity index is 1.27. The van der Waals surface area contributed by atoms with Crippen molar-refractivity contribution in [2.75, 3.05) is 5.32 Å². The molecule has 2 fully saturated rings. The molecule has 7 nitrogen and oxygen atoms in total. The Morgan fingerprint density at radius 2 is 1.88 bits per heavy atom. The van der Waals surface area contributed by atoms with Crippen molar-refractivity contribution >= 4 is 11.7 Å². The summed E-state index contributed by atoms with van der Waals surface area (Å²) in [5.41, 5.74) is 1.82. The van der Waals surface area contributed by atoms with Crippen LogP contribution in [0.25, 0.3) is 22.6 Å². The highest BCUT2D eigenvalue weighted by molar-refractivity contribution is 6.04. The van der Waals surface area contributed by atoms with Crippen molar-refractivity contribution in [3.63, 3.8) is 0 Å². The van der Waals surface area contributed by atoms with E-state index in [9.17, 15) is 13.6 Å². The van der Waals surface area contributed by atoms with Crippen LogP contribution >= 0.6 is 0 Å². The van der Waals surface area contributed by atoms with Crippen LogP contribution in [0.15, 0.2) is 55.0 Å². The molecule has 3 aromatic heterocycles. The van der Waals surface area contributed by atoms with Crippen molar-refractivity contribution in [1.82, 2.24) is 24.7 Å². The summed E-state index contributed by atoms with van der Waals surface area (Å²) in [5.74, 6) is -1.13. The molecule has 6 rings (SSSR count). The predicted molar refractivity (Wildman–Crippen MR) is 121 cm³/mol. The first kappa shape index (κ1) is 20.6. The minimum Gasteiger partial charge on any atom is -0.309 e. The summed E-state index contributed by atoms with van der Waals surface area (Å²) in [5, 5.41) is 10.7. The van der Waals surface area contributed by atoms with Crippen molar-refractivity contribution in [1.29, 1.82) is 0 Å². The molecule has 34 heavy (non-hydrogen) atoms. The second kappa shape index (κ2) is 8.09. The number of rotatable bonds is 6. The summed E-state index contributed by atoms with van der Waals surface area (Å²) in [4.78, 5) is 21.7. The van der Waals surface area contributed by atoms with E-state index in [4.69, 9.17) is 0 Å². The van der Waals surface area contributed by atoms with Gasteiger partial charge in [-0.25, -0.2) is 13.8 Å². The summed E-state index contributed by atoms with van der Waals surface area (Å²) < 4.78 is 31.1.